The minimum atomic E-state index is 0.277. The summed E-state index contributed by atoms with van der Waals surface area (Å²) >= 11 is 0. The van der Waals surface area contributed by atoms with E-state index in [0.29, 0.717) is 11.8 Å². The molecular formula is C27H28N2. The smallest absolute Gasteiger partial charge is 0.132 e. The van der Waals surface area contributed by atoms with Crippen LogP contribution < -0.4 is 0 Å². The van der Waals surface area contributed by atoms with Crippen LogP contribution >= 0.6 is 0 Å². The van der Waals surface area contributed by atoms with Gasteiger partial charge in [-0.15, -0.1) is 0 Å². The molecule has 1 aromatic carbocycles. The molecule has 0 spiro atoms. The molecule has 1 aromatic rings. The maximum absolute atomic E-state index is 9.21. The van der Waals surface area contributed by atoms with Crippen LogP contribution in [-0.2, 0) is 6.42 Å². The molecule has 2 nitrogen and oxygen atoms in total. The zero-order valence-electron chi connectivity index (χ0n) is 17.2. The van der Waals surface area contributed by atoms with Gasteiger partial charge >= 0.3 is 0 Å². The first-order valence-electron chi connectivity index (χ1n) is 11.0. The highest BCUT2D eigenvalue weighted by molar-refractivity contribution is 5.70. The Labute approximate surface area is 174 Å². The molecule has 2 atom stereocenters. The summed E-state index contributed by atoms with van der Waals surface area (Å²) in [6, 6.07) is 13.3. The molecule has 0 saturated heterocycles. The summed E-state index contributed by atoms with van der Waals surface area (Å²) in [7, 11) is 0. The zero-order valence-corrected chi connectivity index (χ0v) is 17.2. The molecule has 29 heavy (non-hydrogen) atoms. The topological polar surface area (TPSA) is 47.6 Å². The Morgan fingerprint density at radius 1 is 0.931 bits per heavy atom. The van der Waals surface area contributed by atoms with Gasteiger partial charge in [0, 0.05) is 0 Å². The Bertz CT molecular complexity index is 970. The number of nitrogens with zero attached hydrogens (tertiary/aromatic N) is 2. The van der Waals surface area contributed by atoms with E-state index in [9.17, 15) is 10.5 Å². The largest absolute Gasteiger partial charge is 0.192 e. The van der Waals surface area contributed by atoms with E-state index in [0.717, 1.165) is 24.8 Å². The van der Waals surface area contributed by atoms with Gasteiger partial charge in [-0.25, -0.2) is 0 Å². The van der Waals surface area contributed by atoms with Crippen molar-refractivity contribution < 1.29 is 0 Å². The predicted molar refractivity (Wildman–Crippen MR) is 118 cm³/mol. The summed E-state index contributed by atoms with van der Waals surface area (Å²) in [6.45, 7) is 2.24. The van der Waals surface area contributed by atoms with E-state index in [-0.39, 0.29) is 5.57 Å². The van der Waals surface area contributed by atoms with Crippen LogP contribution in [0.25, 0.3) is 5.57 Å². The van der Waals surface area contributed by atoms with Crippen molar-refractivity contribution in [3.63, 3.8) is 0 Å². The summed E-state index contributed by atoms with van der Waals surface area (Å²) in [4.78, 5) is 0. The molecule has 0 N–H and O–H groups in total. The van der Waals surface area contributed by atoms with Crippen molar-refractivity contribution in [2.24, 2.45) is 11.8 Å². The van der Waals surface area contributed by atoms with Crippen molar-refractivity contribution >= 4 is 5.57 Å². The Hall–Kier alpha value is -2.84. The monoisotopic (exact) mass is 380 g/mol. The van der Waals surface area contributed by atoms with Crippen molar-refractivity contribution in [3.05, 3.63) is 75.9 Å². The summed E-state index contributed by atoms with van der Waals surface area (Å²) in [5.41, 5.74) is 8.16. The summed E-state index contributed by atoms with van der Waals surface area (Å²) < 4.78 is 0. The van der Waals surface area contributed by atoms with Crippen LogP contribution in [0.3, 0.4) is 0 Å². The molecule has 0 fully saturated rings. The number of benzene rings is 1. The number of hydrogen-bond donors (Lipinski definition) is 0. The van der Waals surface area contributed by atoms with Gasteiger partial charge in [-0.1, -0.05) is 55.8 Å². The molecule has 0 amide bonds. The van der Waals surface area contributed by atoms with Crippen molar-refractivity contribution in [2.45, 2.75) is 58.3 Å². The quantitative estimate of drug-likeness (QED) is 0.537. The van der Waals surface area contributed by atoms with Gasteiger partial charge in [-0.2, -0.15) is 10.5 Å². The fourth-order valence-corrected chi connectivity index (χ4v) is 5.00. The second-order valence-electron chi connectivity index (χ2n) is 8.59. The minimum Gasteiger partial charge on any atom is -0.192 e. The Morgan fingerprint density at radius 3 is 2.31 bits per heavy atom. The van der Waals surface area contributed by atoms with Gasteiger partial charge in [0.2, 0.25) is 0 Å². The maximum atomic E-state index is 9.21. The lowest BCUT2D eigenvalue weighted by atomic mass is 9.69. The van der Waals surface area contributed by atoms with Gasteiger partial charge in [-0.05, 0) is 90.2 Å². The fraction of sp³-hybridized carbons (Fsp3) is 0.407. The standard InChI is InChI=1S/C27H28N2/c1-2-3-4-19-5-7-20(8-6-19)21-9-10-22-13-23-11-12-24(27(17-28)18-29)15-26(23)16-25(22)14-21/h5-8,14-16,22-23H,2-4,9-13H2,1H3. The molecule has 4 rings (SSSR count). The van der Waals surface area contributed by atoms with E-state index in [1.165, 1.54) is 60.0 Å². The average molecular weight is 381 g/mol. The van der Waals surface area contributed by atoms with Crippen molar-refractivity contribution in [1.82, 2.24) is 0 Å². The van der Waals surface area contributed by atoms with E-state index in [1.807, 2.05) is 0 Å². The predicted octanol–water partition coefficient (Wildman–Crippen LogP) is 6.83. The van der Waals surface area contributed by atoms with E-state index in [4.69, 9.17) is 0 Å². The van der Waals surface area contributed by atoms with Crippen LogP contribution in [0, 0.1) is 34.5 Å². The SMILES string of the molecule is CCCCc1ccc(C2=CC3=CC4=CC(=C(C#N)C#N)CCC4CC3CC2)cc1. The van der Waals surface area contributed by atoms with E-state index < -0.39 is 0 Å². The highest BCUT2D eigenvalue weighted by atomic mass is 14.4. The van der Waals surface area contributed by atoms with Crippen molar-refractivity contribution in [3.8, 4) is 12.1 Å². The lowest BCUT2D eigenvalue weighted by Crippen LogP contribution is -2.22. The fourth-order valence-electron chi connectivity index (χ4n) is 5.00. The number of aryl methyl sites for hydroxylation is 1. The van der Waals surface area contributed by atoms with Gasteiger partial charge < -0.3 is 0 Å². The van der Waals surface area contributed by atoms with Gasteiger partial charge in [0.25, 0.3) is 0 Å². The van der Waals surface area contributed by atoms with Gasteiger partial charge in [0.15, 0.2) is 0 Å². The van der Waals surface area contributed by atoms with E-state index in [2.05, 4.69) is 61.6 Å². The van der Waals surface area contributed by atoms with E-state index >= 15 is 0 Å². The van der Waals surface area contributed by atoms with Crippen LogP contribution in [0.2, 0.25) is 0 Å². The van der Waals surface area contributed by atoms with Crippen molar-refractivity contribution in [2.75, 3.05) is 0 Å². The van der Waals surface area contributed by atoms with Gasteiger partial charge in [0.1, 0.15) is 17.7 Å². The van der Waals surface area contributed by atoms with Crippen LogP contribution in [0.5, 0.6) is 0 Å². The molecule has 0 aliphatic heterocycles. The Balaban J connectivity index is 1.61. The normalized spacial score (nSPS) is 22.9. The summed E-state index contributed by atoms with van der Waals surface area (Å²) in [5, 5.41) is 18.4. The van der Waals surface area contributed by atoms with Gasteiger partial charge in [0.05, 0.1) is 0 Å². The molecule has 0 aromatic heterocycles. The van der Waals surface area contributed by atoms with Crippen LogP contribution in [0.15, 0.2) is 64.8 Å². The minimum absolute atomic E-state index is 0.277. The number of rotatable bonds is 4. The zero-order chi connectivity index (χ0) is 20.2. The van der Waals surface area contributed by atoms with Crippen LogP contribution in [0.1, 0.15) is 63.0 Å². The van der Waals surface area contributed by atoms with Crippen molar-refractivity contribution in [1.29, 1.82) is 10.5 Å². The number of allylic oxidation sites excluding steroid dienone is 8. The highest BCUT2D eigenvalue weighted by Gasteiger charge is 2.31. The molecule has 146 valence electrons. The molecule has 0 radical (unpaired) electrons. The van der Waals surface area contributed by atoms with E-state index in [1.54, 1.807) is 0 Å². The molecule has 3 aliphatic rings. The molecule has 0 heterocycles. The Morgan fingerprint density at radius 2 is 1.62 bits per heavy atom. The first-order chi connectivity index (χ1) is 14.2. The van der Waals surface area contributed by atoms with Crippen LogP contribution in [0.4, 0.5) is 0 Å². The number of unbranched alkanes of at least 4 members (excludes halogenated alkanes) is 1. The van der Waals surface area contributed by atoms with Crippen LogP contribution in [-0.4, -0.2) is 0 Å². The average Bonchev–Trinajstić information content (AvgIpc) is 2.77. The lowest BCUT2D eigenvalue weighted by molar-refractivity contribution is 0.395. The lowest BCUT2D eigenvalue weighted by Gasteiger charge is -2.36. The Kier molecular flexibility index (Phi) is 5.82. The summed E-state index contributed by atoms with van der Waals surface area (Å²) in [5.74, 6) is 1.24. The highest BCUT2D eigenvalue weighted by Crippen LogP contribution is 2.46. The third-order valence-corrected chi connectivity index (χ3v) is 6.74. The first-order valence-corrected chi connectivity index (χ1v) is 11.0. The molecule has 2 heteroatoms. The molecule has 3 aliphatic carbocycles. The number of nitriles is 2. The third-order valence-electron chi connectivity index (χ3n) is 6.74. The second kappa shape index (κ2) is 8.67. The molecule has 0 bridgehead atoms. The summed E-state index contributed by atoms with van der Waals surface area (Å²) in [6.07, 6.45) is 16.0. The second-order valence-corrected chi connectivity index (χ2v) is 8.59. The number of hydrogen-bond acceptors (Lipinski definition) is 2. The molecule has 0 saturated carbocycles. The number of fused-ring (bicyclic) bond motifs is 2. The first kappa shape index (κ1) is 19.5. The molecular weight excluding hydrogens is 352 g/mol. The van der Waals surface area contributed by atoms with Gasteiger partial charge in [-0.3, -0.25) is 0 Å². The third kappa shape index (κ3) is 4.13. The molecule has 2 unspecified atom stereocenters. The maximum Gasteiger partial charge on any atom is 0.132 e.